The molecule has 0 saturated carbocycles. The van der Waals surface area contributed by atoms with Crippen LogP contribution in [0.1, 0.15) is 79.1 Å². The molecule has 0 aromatic carbocycles. The van der Waals surface area contributed by atoms with Gasteiger partial charge in [0.1, 0.15) is 0 Å². The van der Waals surface area contributed by atoms with Crippen LogP contribution in [0.5, 0.6) is 0 Å². The molecule has 0 bridgehead atoms. The maximum Gasteiger partial charge on any atom is 0.324 e. The summed E-state index contributed by atoms with van der Waals surface area (Å²) in [5.74, 6) is -1.63. The highest BCUT2D eigenvalue weighted by Crippen LogP contribution is 2.54. The molecule has 0 aromatic rings. The maximum atomic E-state index is 12.9. The smallest absolute Gasteiger partial charge is 0.324 e. The van der Waals surface area contributed by atoms with E-state index in [4.69, 9.17) is 21.1 Å². The molecule has 27 heavy (non-hydrogen) atoms. The minimum absolute atomic E-state index is 0.325. The van der Waals surface area contributed by atoms with Gasteiger partial charge in [-0.1, -0.05) is 68.4 Å². The van der Waals surface area contributed by atoms with Crippen molar-refractivity contribution in [1.29, 1.82) is 0 Å². The highest BCUT2D eigenvalue weighted by atomic mass is 35.5. The van der Waals surface area contributed by atoms with Crippen LogP contribution in [-0.2, 0) is 19.1 Å². The van der Waals surface area contributed by atoms with Crippen LogP contribution in [0, 0.1) is 11.3 Å². The number of unbranched alkanes of at least 4 members (excludes halogenated alkanes) is 3. The number of carbonyl (C=O) groups excluding carboxylic acids is 2. The lowest BCUT2D eigenvalue weighted by Crippen LogP contribution is -2.45. The normalized spacial score (nSPS) is 18.4. The lowest BCUT2D eigenvalue weighted by molar-refractivity contribution is -0.170. The highest BCUT2D eigenvalue weighted by Gasteiger charge is 2.60. The van der Waals surface area contributed by atoms with Crippen LogP contribution in [0.2, 0.25) is 0 Å². The van der Waals surface area contributed by atoms with Gasteiger partial charge >= 0.3 is 11.9 Å². The minimum atomic E-state index is -1.42. The summed E-state index contributed by atoms with van der Waals surface area (Å²) in [4.78, 5) is 25.8. The number of hydrogen-bond acceptors (Lipinski definition) is 4. The number of hydrogen-bond donors (Lipinski definition) is 0. The number of esters is 2. The second-order valence-electron chi connectivity index (χ2n) is 7.32. The van der Waals surface area contributed by atoms with Crippen LogP contribution in [-0.4, -0.2) is 26.2 Å². The molecule has 4 nitrogen and oxygen atoms in total. The number of rotatable bonds is 10. The van der Waals surface area contributed by atoms with Crippen LogP contribution in [0.15, 0.2) is 21.8 Å². The Bertz CT molecular complexity index is 581. The van der Waals surface area contributed by atoms with Crippen LogP contribution in [0.25, 0.3) is 0 Å². The van der Waals surface area contributed by atoms with Crippen molar-refractivity contribution in [3.8, 4) is 0 Å². The van der Waals surface area contributed by atoms with Gasteiger partial charge in [0.2, 0.25) is 0 Å². The van der Waals surface area contributed by atoms with Gasteiger partial charge in [-0.05, 0) is 39.0 Å². The molecule has 0 heterocycles. The maximum absolute atomic E-state index is 12.9. The van der Waals surface area contributed by atoms with E-state index in [1.165, 1.54) is 27.1 Å². The third-order valence-electron chi connectivity index (χ3n) is 5.85. The molecule has 1 aliphatic carbocycles. The van der Waals surface area contributed by atoms with Crippen LogP contribution in [0.3, 0.4) is 0 Å². The molecule has 0 amide bonds. The molecule has 1 rings (SSSR count). The molecule has 0 saturated heterocycles. The van der Waals surface area contributed by atoms with Crippen molar-refractivity contribution in [2.24, 2.45) is 11.3 Å². The van der Waals surface area contributed by atoms with E-state index in [-0.39, 0.29) is 0 Å². The van der Waals surface area contributed by atoms with Crippen molar-refractivity contribution in [3.05, 3.63) is 21.8 Å². The van der Waals surface area contributed by atoms with Crippen LogP contribution in [0.4, 0.5) is 0 Å². The molecule has 1 atom stereocenters. The van der Waals surface area contributed by atoms with Crippen molar-refractivity contribution in [1.82, 2.24) is 0 Å². The van der Waals surface area contributed by atoms with E-state index in [9.17, 15) is 9.59 Å². The van der Waals surface area contributed by atoms with Gasteiger partial charge in [0.25, 0.3) is 0 Å². The Hall–Kier alpha value is -1.29. The first-order chi connectivity index (χ1) is 12.8. The van der Waals surface area contributed by atoms with E-state index < -0.39 is 23.3 Å². The predicted octanol–water partition coefficient (Wildman–Crippen LogP) is 5.94. The van der Waals surface area contributed by atoms with E-state index in [1.54, 1.807) is 0 Å². The zero-order valence-corrected chi connectivity index (χ0v) is 18.5. The third-order valence-corrected chi connectivity index (χ3v) is 6.34. The first-order valence-corrected chi connectivity index (χ1v) is 10.5. The molecule has 0 radical (unpaired) electrons. The molecule has 1 aliphatic rings. The van der Waals surface area contributed by atoms with Crippen molar-refractivity contribution < 1.29 is 19.1 Å². The van der Waals surface area contributed by atoms with Crippen molar-refractivity contribution in [2.75, 3.05) is 14.2 Å². The first-order valence-electron chi connectivity index (χ1n) is 10.1. The van der Waals surface area contributed by atoms with Crippen molar-refractivity contribution >= 4 is 23.5 Å². The summed E-state index contributed by atoms with van der Waals surface area (Å²) in [6.07, 6.45) is 7.29. The van der Waals surface area contributed by atoms with Gasteiger partial charge in [-0.2, -0.15) is 0 Å². The molecule has 0 N–H and O–H groups in total. The fourth-order valence-electron chi connectivity index (χ4n) is 4.23. The van der Waals surface area contributed by atoms with Gasteiger partial charge in [-0.3, -0.25) is 9.59 Å². The van der Waals surface area contributed by atoms with Gasteiger partial charge in [-0.25, -0.2) is 0 Å². The van der Waals surface area contributed by atoms with Crippen molar-refractivity contribution in [2.45, 2.75) is 79.1 Å². The SMILES string of the molecule is CCCCCCC1=C(C)C(C(Cl)=C(CC)CC)C(C(=O)OC)(C(=O)OC)C1. The van der Waals surface area contributed by atoms with Gasteiger partial charge in [0.15, 0.2) is 5.41 Å². The first kappa shape index (κ1) is 23.7. The Kier molecular flexibility index (Phi) is 9.58. The van der Waals surface area contributed by atoms with Gasteiger partial charge < -0.3 is 9.47 Å². The highest BCUT2D eigenvalue weighted by molar-refractivity contribution is 6.31. The van der Waals surface area contributed by atoms with E-state index in [0.29, 0.717) is 11.5 Å². The van der Waals surface area contributed by atoms with Gasteiger partial charge in [-0.15, -0.1) is 0 Å². The molecule has 5 heteroatoms. The number of carbonyl (C=O) groups is 2. The fraction of sp³-hybridized carbons (Fsp3) is 0.727. The monoisotopic (exact) mass is 398 g/mol. The number of ether oxygens (including phenoxy) is 2. The molecule has 0 fully saturated rings. The zero-order chi connectivity index (χ0) is 20.6. The lowest BCUT2D eigenvalue weighted by Gasteiger charge is -2.32. The summed E-state index contributed by atoms with van der Waals surface area (Å²) in [5.41, 5.74) is 1.80. The second kappa shape index (κ2) is 10.9. The summed E-state index contributed by atoms with van der Waals surface area (Å²) in [6, 6.07) is 0. The molecular formula is C22H35ClO4. The van der Waals surface area contributed by atoms with E-state index in [2.05, 4.69) is 6.92 Å². The summed E-state index contributed by atoms with van der Waals surface area (Å²) in [7, 11) is 2.63. The Labute approximate surface area is 169 Å². The Morgan fingerprint density at radius 3 is 2.04 bits per heavy atom. The van der Waals surface area contributed by atoms with Gasteiger partial charge in [0.05, 0.1) is 14.2 Å². The summed E-state index contributed by atoms with van der Waals surface area (Å²) < 4.78 is 10.2. The summed E-state index contributed by atoms with van der Waals surface area (Å²) >= 11 is 6.81. The standard InChI is InChI=1S/C22H35ClO4/c1-7-10-11-12-13-17-14-22(20(24)26-5,21(25)27-6)18(15(17)4)19(23)16(8-2)9-3/h18H,7-14H2,1-6H3. The number of halogens is 1. The average Bonchev–Trinajstić information content (AvgIpc) is 2.98. The molecular weight excluding hydrogens is 364 g/mol. The van der Waals surface area contributed by atoms with Crippen LogP contribution < -0.4 is 0 Å². The predicted molar refractivity (Wildman–Crippen MR) is 109 cm³/mol. The van der Waals surface area contributed by atoms with E-state index in [1.807, 2.05) is 20.8 Å². The Morgan fingerprint density at radius 1 is 1.04 bits per heavy atom. The molecule has 0 spiro atoms. The number of methoxy groups -OCH3 is 2. The van der Waals surface area contributed by atoms with E-state index >= 15 is 0 Å². The quantitative estimate of drug-likeness (QED) is 0.198. The fourth-order valence-corrected chi connectivity index (χ4v) is 4.85. The Balaban J connectivity index is 3.46. The number of allylic oxidation sites excluding steroid dienone is 4. The third kappa shape index (κ3) is 4.77. The summed E-state index contributed by atoms with van der Waals surface area (Å²) in [5, 5.41) is 0.594. The van der Waals surface area contributed by atoms with Crippen LogP contribution >= 0.6 is 11.6 Å². The van der Waals surface area contributed by atoms with Crippen molar-refractivity contribution in [3.63, 3.8) is 0 Å². The molecule has 1 unspecified atom stereocenters. The lowest BCUT2D eigenvalue weighted by atomic mass is 9.73. The Morgan fingerprint density at radius 2 is 1.59 bits per heavy atom. The molecule has 0 aliphatic heterocycles. The largest absolute Gasteiger partial charge is 0.468 e. The molecule has 154 valence electrons. The average molecular weight is 399 g/mol. The molecule has 0 aromatic heterocycles. The topological polar surface area (TPSA) is 52.6 Å². The van der Waals surface area contributed by atoms with Gasteiger partial charge in [0, 0.05) is 11.0 Å². The summed E-state index contributed by atoms with van der Waals surface area (Å²) in [6.45, 7) is 8.26. The second-order valence-corrected chi connectivity index (χ2v) is 7.73. The zero-order valence-electron chi connectivity index (χ0n) is 17.7. The van der Waals surface area contributed by atoms with E-state index in [0.717, 1.165) is 48.8 Å². The minimum Gasteiger partial charge on any atom is -0.468 e.